The molecule has 2 rings (SSSR count). The molecule has 0 aliphatic heterocycles. The minimum atomic E-state index is -3.42. The molecule has 0 aromatic heterocycles. The summed E-state index contributed by atoms with van der Waals surface area (Å²) in [6.45, 7) is 0. The third-order valence-electron chi connectivity index (χ3n) is 2.81. The van der Waals surface area contributed by atoms with Crippen LogP contribution in [0.15, 0.2) is 48.5 Å². The predicted octanol–water partition coefficient (Wildman–Crippen LogP) is 2.89. The zero-order chi connectivity index (χ0) is 16.2. The highest BCUT2D eigenvalue weighted by Gasteiger charge is 2.11. The fraction of sp³-hybridized carbons (Fsp3) is 0.133. The molecule has 0 unspecified atom stereocenters. The number of anilines is 2. The van der Waals surface area contributed by atoms with Gasteiger partial charge in [0.05, 0.1) is 24.1 Å². The highest BCUT2D eigenvalue weighted by molar-refractivity contribution is 7.92. The van der Waals surface area contributed by atoms with E-state index in [9.17, 15) is 13.2 Å². The number of benzene rings is 2. The quantitative estimate of drug-likeness (QED) is 0.880. The summed E-state index contributed by atoms with van der Waals surface area (Å²) in [6, 6.07) is 13.6. The Morgan fingerprint density at radius 2 is 1.64 bits per heavy atom. The number of nitrogens with one attached hydrogen (secondary N) is 2. The van der Waals surface area contributed by atoms with Crippen LogP contribution in [-0.4, -0.2) is 20.6 Å². The van der Waals surface area contributed by atoms with Crippen LogP contribution in [0.5, 0.6) is 0 Å². The van der Waals surface area contributed by atoms with E-state index >= 15 is 0 Å². The minimum Gasteiger partial charge on any atom is -0.324 e. The van der Waals surface area contributed by atoms with Gasteiger partial charge in [0.25, 0.3) is 0 Å². The van der Waals surface area contributed by atoms with Gasteiger partial charge >= 0.3 is 0 Å². The largest absolute Gasteiger partial charge is 0.324 e. The average Bonchev–Trinajstić information content (AvgIpc) is 2.42. The van der Waals surface area contributed by atoms with Crippen LogP contribution in [0.1, 0.15) is 5.56 Å². The fourth-order valence-corrected chi connectivity index (χ4v) is 2.67. The Hall–Kier alpha value is -2.05. The summed E-state index contributed by atoms with van der Waals surface area (Å²) in [6.07, 6.45) is 1.15. The van der Waals surface area contributed by atoms with Crippen LogP contribution in [0.2, 0.25) is 5.02 Å². The van der Waals surface area contributed by atoms with Gasteiger partial charge in [-0.1, -0.05) is 41.9 Å². The molecular weight excluding hydrogens is 324 g/mol. The van der Waals surface area contributed by atoms with E-state index in [4.69, 9.17) is 11.6 Å². The Kier molecular flexibility index (Phi) is 5.05. The molecule has 0 bridgehead atoms. The number of hydrogen-bond acceptors (Lipinski definition) is 3. The summed E-state index contributed by atoms with van der Waals surface area (Å²) >= 11 is 6.02. The Bertz CT molecular complexity index is 791. The molecule has 5 nitrogen and oxygen atoms in total. The summed E-state index contributed by atoms with van der Waals surface area (Å²) in [7, 11) is -3.42. The number of para-hydroxylation sites is 2. The van der Waals surface area contributed by atoms with Gasteiger partial charge in [0, 0.05) is 5.02 Å². The molecule has 0 aliphatic rings. The summed E-state index contributed by atoms with van der Waals surface area (Å²) in [4.78, 5) is 12.1. The maximum Gasteiger partial charge on any atom is 0.229 e. The van der Waals surface area contributed by atoms with Crippen LogP contribution in [0.3, 0.4) is 0 Å². The molecule has 0 atom stereocenters. The number of carbonyl (C=O) groups is 1. The van der Waals surface area contributed by atoms with Gasteiger partial charge in [0.15, 0.2) is 0 Å². The van der Waals surface area contributed by atoms with Crippen LogP contribution < -0.4 is 10.0 Å². The van der Waals surface area contributed by atoms with Crippen molar-refractivity contribution in [1.29, 1.82) is 0 Å². The van der Waals surface area contributed by atoms with E-state index < -0.39 is 10.0 Å². The lowest BCUT2D eigenvalue weighted by molar-refractivity contribution is -0.115. The lowest BCUT2D eigenvalue weighted by atomic mass is 10.1. The van der Waals surface area contributed by atoms with E-state index in [1.807, 2.05) is 0 Å². The van der Waals surface area contributed by atoms with Crippen molar-refractivity contribution in [2.75, 3.05) is 16.3 Å². The maximum absolute atomic E-state index is 12.1. The summed E-state index contributed by atoms with van der Waals surface area (Å²) in [5.41, 5.74) is 1.41. The Morgan fingerprint density at radius 1 is 1.05 bits per heavy atom. The molecule has 0 saturated heterocycles. The third kappa shape index (κ3) is 4.75. The molecule has 2 aromatic carbocycles. The zero-order valence-electron chi connectivity index (χ0n) is 11.8. The van der Waals surface area contributed by atoms with Crippen LogP contribution in [-0.2, 0) is 21.2 Å². The SMILES string of the molecule is CS(=O)(=O)Nc1ccccc1NC(=O)Cc1ccccc1Cl. The van der Waals surface area contributed by atoms with Gasteiger partial charge in [-0.05, 0) is 23.8 Å². The van der Waals surface area contributed by atoms with Gasteiger partial charge in [0.2, 0.25) is 15.9 Å². The van der Waals surface area contributed by atoms with Crippen LogP contribution in [0.25, 0.3) is 0 Å². The Morgan fingerprint density at radius 3 is 2.27 bits per heavy atom. The molecule has 7 heteroatoms. The second-order valence-corrected chi connectivity index (χ2v) is 6.89. The van der Waals surface area contributed by atoms with E-state index in [0.29, 0.717) is 22.0 Å². The first-order chi connectivity index (χ1) is 10.3. The number of hydrogen-bond donors (Lipinski definition) is 2. The Balaban J connectivity index is 2.14. The molecule has 0 heterocycles. The minimum absolute atomic E-state index is 0.104. The van der Waals surface area contributed by atoms with Gasteiger partial charge < -0.3 is 5.32 Å². The van der Waals surface area contributed by atoms with Gasteiger partial charge in [0.1, 0.15) is 0 Å². The first kappa shape index (κ1) is 16.3. The zero-order valence-corrected chi connectivity index (χ0v) is 13.4. The maximum atomic E-state index is 12.1. The topological polar surface area (TPSA) is 75.3 Å². The van der Waals surface area contributed by atoms with E-state index in [1.54, 1.807) is 48.5 Å². The molecule has 0 spiro atoms. The molecule has 0 fully saturated rings. The summed E-state index contributed by atoms with van der Waals surface area (Å²) < 4.78 is 25.0. The molecule has 0 radical (unpaired) electrons. The molecule has 2 N–H and O–H groups in total. The standard InChI is InChI=1S/C15H15ClN2O3S/c1-22(20,21)18-14-9-5-4-8-13(14)17-15(19)10-11-6-2-3-7-12(11)16/h2-9,18H,10H2,1H3,(H,17,19). The summed E-state index contributed by atoms with van der Waals surface area (Å²) in [5, 5.41) is 3.20. The number of rotatable bonds is 5. The lowest BCUT2D eigenvalue weighted by Gasteiger charge is -2.12. The first-order valence-corrected chi connectivity index (χ1v) is 8.72. The van der Waals surface area contributed by atoms with Crippen molar-refractivity contribution in [3.05, 3.63) is 59.1 Å². The van der Waals surface area contributed by atoms with Crippen molar-refractivity contribution in [2.24, 2.45) is 0 Å². The van der Waals surface area contributed by atoms with Gasteiger partial charge in [-0.2, -0.15) is 0 Å². The average molecular weight is 339 g/mol. The van der Waals surface area contributed by atoms with Gasteiger partial charge in [-0.3, -0.25) is 9.52 Å². The highest BCUT2D eigenvalue weighted by Crippen LogP contribution is 2.23. The Labute approximate surface area is 134 Å². The monoisotopic (exact) mass is 338 g/mol. The van der Waals surface area contributed by atoms with E-state index in [1.165, 1.54) is 0 Å². The molecule has 2 aromatic rings. The molecule has 22 heavy (non-hydrogen) atoms. The van der Waals surface area contributed by atoms with Gasteiger partial charge in [-0.15, -0.1) is 0 Å². The van der Waals surface area contributed by atoms with Crippen LogP contribution in [0.4, 0.5) is 11.4 Å². The second-order valence-electron chi connectivity index (χ2n) is 4.74. The van der Waals surface area contributed by atoms with E-state index in [0.717, 1.165) is 6.26 Å². The molecule has 116 valence electrons. The number of carbonyl (C=O) groups excluding carboxylic acids is 1. The van der Waals surface area contributed by atoms with E-state index in [2.05, 4.69) is 10.0 Å². The van der Waals surface area contributed by atoms with Crippen LogP contribution >= 0.6 is 11.6 Å². The van der Waals surface area contributed by atoms with Crippen molar-refractivity contribution in [3.8, 4) is 0 Å². The third-order valence-corrected chi connectivity index (χ3v) is 3.76. The second kappa shape index (κ2) is 6.81. The molecule has 0 saturated carbocycles. The highest BCUT2D eigenvalue weighted by atomic mass is 35.5. The van der Waals surface area contributed by atoms with Crippen molar-refractivity contribution < 1.29 is 13.2 Å². The molecule has 1 amide bonds. The predicted molar refractivity (Wildman–Crippen MR) is 88.7 cm³/mol. The van der Waals surface area contributed by atoms with Crippen LogP contribution in [0, 0.1) is 0 Å². The summed E-state index contributed by atoms with van der Waals surface area (Å²) in [5.74, 6) is -0.282. The van der Waals surface area contributed by atoms with Crippen molar-refractivity contribution in [2.45, 2.75) is 6.42 Å². The number of sulfonamides is 1. The van der Waals surface area contributed by atoms with Crippen molar-refractivity contribution >= 4 is 38.9 Å². The fourth-order valence-electron chi connectivity index (χ4n) is 1.89. The number of amides is 1. The van der Waals surface area contributed by atoms with Crippen molar-refractivity contribution in [3.63, 3.8) is 0 Å². The normalized spacial score (nSPS) is 11.0. The molecule has 0 aliphatic carbocycles. The smallest absolute Gasteiger partial charge is 0.229 e. The van der Waals surface area contributed by atoms with Gasteiger partial charge in [-0.25, -0.2) is 8.42 Å². The molecular formula is C15H15ClN2O3S. The number of halogens is 1. The van der Waals surface area contributed by atoms with E-state index in [-0.39, 0.29) is 12.3 Å². The first-order valence-electron chi connectivity index (χ1n) is 6.45. The lowest BCUT2D eigenvalue weighted by Crippen LogP contribution is -2.17. The van der Waals surface area contributed by atoms with Crippen molar-refractivity contribution in [1.82, 2.24) is 0 Å².